The Hall–Kier alpha value is -2.99. The minimum atomic E-state index is -3.51. The number of benzene rings is 2. The number of sulfonamides is 1. The van der Waals surface area contributed by atoms with Crippen LogP contribution in [0.3, 0.4) is 0 Å². The number of aryl methyl sites for hydroxylation is 1. The summed E-state index contributed by atoms with van der Waals surface area (Å²) in [4.78, 5) is 18.3. The van der Waals surface area contributed by atoms with Crippen LogP contribution in [0.25, 0.3) is 11.0 Å². The molecule has 216 valence electrons. The van der Waals surface area contributed by atoms with Gasteiger partial charge in [-0.3, -0.25) is 9.10 Å². The van der Waals surface area contributed by atoms with E-state index in [2.05, 4.69) is 15.6 Å². The van der Waals surface area contributed by atoms with E-state index in [0.29, 0.717) is 68.0 Å². The van der Waals surface area contributed by atoms with Crippen LogP contribution in [0.15, 0.2) is 48.8 Å². The van der Waals surface area contributed by atoms with Crippen molar-refractivity contribution in [1.29, 1.82) is 0 Å². The summed E-state index contributed by atoms with van der Waals surface area (Å²) in [5, 5.41) is 17.7. The van der Waals surface area contributed by atoms with Crippen LogP contribution in [0.4, 0.5) is 5.69 Å². The Bertz CT molecular complexity index is 1400. The number of fused-ring (bicyclic) bond motifs is 1. The number of carbonyl (C=O) groups excluding carboxylic acids is 1. The van der Waals surface area contributed by atoms with E-state index in [9.17, 15) is 18.3 Å². The average molecular weight is 570 g/mol. The number of amides is 1. The molecule has 0 saturated carbocycles. The summed E-state index contributed by atoms with van der Waals surface area (Å²) in [5.74, 6) is -0.294. The van der Waals surface area contributed by atoms with Gasteiger partial charge in [-0.1, -0.05) is 30.3 Å². The third kappa shape index (κ3) is 6.49. The molecule has 1 amide bonds. The normalized spacial score (nSPS) is 19.4. The number of nitrogens with one attached hydrogen (secondary N) is 2. The van der Waals surface area contributed by atoms with Gasteiger partial charge in [0.15, 0.2) is 0 Å². The SMILES string of the molecule is CCn1cnc2c(N3CCCCS3(=O)=O)cc(C(=O)N[C@@H](Cc3ccccc3)[C@H](O)CNC3CCOCC3)cc21. The van der Waals surface area contributed by atoms with Gasteiger partial charge in [0.1, 0.15) is 5.52 Å². The smallest absolute Gasteiger partial charge is 0.251 e. The Balaban J connectivity index is 1.43. The first-order valence-electron chi connectivity index (χ1n) is 14.2. The third-order valence-electron chi connectivity index (χ3n) is 7.84. The van der Waals surface area contributed by atoms with Crippen molar-refractivity contribution in [3.8, 4) is 0 Å². The zero-order valence-corrected chi connectivity index (χ0v) is 23.8. The predicted molar refractivity (Wildman–Crippen MR) is 155 cm³/mol. The van der Waals surface area contributed by atoms with E-state index < -0.39 is 22.2 Å². The molecule has 5 rings (SSSR count). The molecule has 2 aromatic carbocycles. The number of aliphatic hydroxyl groups is 1. The lowest BCUT2D eigenvalue weighted by molar-refractivity contribution is 0.0657. The van der Waals surface area contributed by atoms with E-state index >= 15 is 0 Å². The molecule has 1 aromatic heterocycles. The second-order valence-electron chi connectivity index (χ2n) is 10.6. The van der Waals surface area contributed by atoms with E-state index in [-0.39, 0.29) is 17.7 Å². The summed E-state index contributed by atoms with van der Waals surface area (Å²) >= 11 is 0. The number of rotatable bonds is 10. The lowest BCUT2D eigenvalue weighted by atomic mass is 9.99. The molecule has 2 saturated heterocycles. The van der Waals surface area contributed by atoms with Gasteiger partial charge in [-0.05, 0) is 56.7 Å². The van der Waals surface area contributed by atoms with E-state index in [1.54, 1.807) is 18.5 Å². The molecule has 40 heavy (non-hydrogen) atoms. The number of imidazole rings is 1. The topological polar surface area (TPSA) is 126 Å². The van der Waals surface area contributed by atoms with Crippen molar-refractivity contribution < 1.29 is 23.1 Å². The maximum absolute atomic E-state index is 13.8. The zero-order valence-electron chi connectivity index (χ0n) is 23.0. The number of aliphatic hydroxyl groups excluding tert-OH is 1. The Morgan fingerprint density at radius 2 is 1.95 bits per heavy atom. The first-order chi connectivity index (χ1) is 19.4. The van der Waals surface area contributed by atoms with E-state index in [1.807, 2.05) is 41.8 Å². The minimum Gasteiger partial charge on any atom is -0.390 e. The van der Waals surface area contributed by atoms with Gasteiger partial charge in [0.05, 0.1) is 35.4 Å². The molecule has 2 aliphatic heterocycles. The number of nitrogens with zero attached hydrogens (tertiary/aromatic N) is 3. The number of anilines is 1. The Morgan fingerprint density at radius 1 is 1.18 bits per heavy atom. The van der Waals surface area contributed by atoms with Gasteiger partial charge in [0.25, 0.3) is 5.91 Å². The fraction of sp³-hybridized carbons (Fsp3) is 0.517. The number of carbonyl (C=O) groups is 1. The molecule has 2 fully saturated rings. The number of ether oxygens (including phenoxy) is 1. The first kappa shape index (κ1) is 28.5. The molecule has 0 bridgehead atoms. The Labute approximate surface area is 235 Å². The first-order valence-corrected chi connectivity index (χ1v) is 15.8. The fourth-order valence-electron chi connectivity index (χ4n) is 5.51. The molecular weight excluding hydrogens is 530 g/mol. The van der Waals surface area contributed by atoms with Gasteiger partial charge in [0.2, 0.25) is 10.0 Å². The Morgan fingerprint density at radius 3 is 2.67 bits per heavy atom. The van der Waals surface area contributed by atoms with Crippen LogP contribution in [0.2, 0.25) is 0 Å². The summed E-state index contributed by atoms with van der Waals surface area (Å²) < 4.78 is 34.7. The van der Waals surface area contributed by atoms with E-state index in [4.69, 9.17) is 4.74 Å². The average Bonchev–Trinajstić information content (AvgIpc) is 3.39. The summed E-state index contributed by atoms with van der Waals surface area (Å²) in [7, 11) is -3.51. The summed E-state index contributed by atoms with van der Waals surface area (Å²) in [5.41, 5.74) is 3.02. The van der Waals surface area contributed by atoms with Gasteiger partial charge >= 0.3 is 0 Å². The Kier molecular flexibility index (Phi) is 9.04. The summed E-state index contributed by atoms with van der Waals surface area (Å²) in [6.45, 7) is 4.69. The fourth-order valence-corrected chi connectivity index (χ4v) is 7.15. The van der Waals surface area contributed by atoms with Crippen LogP contribution in [0.1, 0.15) is 48.5 Å². The van der Waals surface area contributed by atoms with Crippen molar-refractivity contribution in [3.05, 3.63) is 59.9 Å². The van der Waals surface area contributed by atoms with Gasteiger partial charge < -0.3 is 25.0 Å². The zero-order chi connectivity index (χ0) is 28.1. The molecule has 0 aliphatic carbocycles. The molecule has 3 heterocycles. The molecule has 0 radical (unpaired) electrons. The molecule has 2 atom stereocenters. The maximum Gasteiger partial charge on any atom is 0.251 e. The largest absolute Gasteiger partial charge is 0.390 e. The van der Waals surface area contributed by atoms with Crippen molar-refractivity contribution in [2.24, 2.45) is 0 Å². The third-order valence-corrected chi connectivity index (χ3v) is 9.70. The van der Waals surface area contributed by atoms with Crippen LogP contribution in [-0.4, -0.2) is 79.2 Å². The molecule has 3 N–H and O–H groups in total. The van der Waals surface area contributed by atoms with Gasteiger partial charge in [-0.25, -0.2) is 13.4 Å². The van der Waals surface area contributed by atoms with Crippen molar-refractivity contribution in [3.63, 3.8) is 0 Å². The highest BCUT2D eigenvalue weighted by atomic mass is 32.2. The van der Waals surface area contributed by atoms with Crippen molar-refractivity contribution in [2.45, 2.75) is 63.8 Å². The van der Waals surface area contributed by atoms with Crippen molar-refractivity contribution >= 4 is 32.7 Å². The molecule has 11 heteroatoms. The van der Waals surface area contributed by atoms with Crippen molar-refractivity contribution in [2.75, 3.05) is 36.4 Å². The number of aromatic nitrogens is 2. The van der Waals surface area contributed by atoms with Crippen molar-refractivity contribution in [1.82, 2.24) is 20.2 Å². The highest BCUT2D eigenvalue weighted by Crippen LogP contribution is 2.32. The molecule has 2 aliphatic rings. The van der Waals surface area contributed by atoms with Gasteiger partial charge in [-0.15, -0.1) is 0 Å². The van der Waals surface area contributed by atoms with Crippen LogP contribution >= 0.6 is 0 Å². The van der Waals surface area contributed by atoms with Crippen LogP contribution in [-0.2, 0) is 27.7 Å². The second kappa shape index (κ2) is 12.7. The van der Waals surface area contributed by atoms with Gasteiger partial charge in [0, 0.05) is 44.5 Å². The predicted octanol–water partition coefficient (Wildman–Crippen LogP) is 2.46. The van der Waals surface area contributed by atoms with Crippen LogP contribution in [0, 0.1) is 0 Å². The summed E-state index contributed by atoms with van der Waals surface area (Å²) in [6, 6.07) is 12.8. The molecule has 3 aromatic rings. The highest BCUT2D eigenvalue weighted by molar-refractivity contribution is 7.92. The minimum absolute atomic E-state index is 0.0743. The molecule has 10 nitrogen and oxygen atoms in total. The van der Waals surface area contributed by atoms with E-state index in [1.165, 1.54) is 4.31 Å². The number of hydrogen-bond acceptors (Lipinski definition) is 7. The molecular formula is C29H39N5O5S. The van der Waals surface area contributed by atoms with Gasteiger partial charge in [-0.2, -0.15) is 0 Å². The lowest BCUT2D eigenvalue weighted by Crippen LogP contribution is -2.50. The second-order valence-corrected chi connectivity index (χ2v) is 12.6. The lowest BCUT2D eigenvalue weighted by Gasteiger charge is -2.30. The summed E-state index contributed by atoms with van der Waals surface area (Å²) in [6.07, 6.45) is 4.43. The highest BCUT2D eigenvalue weighted by Gasteiger charge is 2.30. The maximum atomic E-state index is 13.8. The molecule has 0 unspecified atom stereocenters. The quantitative estimate of drug-likeness (QED) is 0.343. The number of hydrogen-bond donors (Lipinski definition) is 3. The van der Waals surface area contributed by atoms with Crippen LogP contribution in [0.5, 0.6) is 0 Å². The monoisotopic (exact) mass is 569 g/mol. The molecule has 0 spiro atoms. The standard InChI is InChI=1S/C29H39N5O5S/c1-2-33-20-31-28-25(33)17-22(18-26(28)34-12-6-7-15-40(34,37)38)29(36)32-24(16-21-8-4-3-5-9-21)27(35)19-30-23-10-13-39-14-11-23/h3-5,8-9,17-18,20,23-24,27,30,35H,2,6-7,10-16,19H2,1H3,(H,32,36)/t24-,27+/m0/s1. The van der Waals surface area contributed by atoms with E-state index in [0.717, 1.165) is 24.8 Å². The van der Waals surface area contributed by atoms with Crippen LogP contribution < -0.4 is 14.9 Å².